The maximum atomic E-state index is 12.4. The van der Waals surface area contributed by atoms with Gasteiger partial charge in [-0.05, 0) is 31.0 Å². The van der Waals surface area contributed by atoms with Crippen molar-refractivity contribution in [1.29, 1.82) is 0 Å². The van der Waals surface area contributed by atoms with Crippen LogP contribution in [0, 0.1) is 0 Å². The molecule has 0 spiro atoms. The third kappa shape index (κ3) is 3.66. The molecule has 4 N–H and O–H groups in total. The Bertz CT molecular complexity index is 555. The van der Waals surface area contributed by atoms with Gasteiger partial charge in [0.05, 0.1) is 15.6 Å². The first kappa shape index (κ1) is 16.0. The van der Waals surface area contributed by atoms with Crippen molar-refractivity contribution in [3.05, 3.63) is 28.8 Å². The van der Waals surface area contributed by atoms with Crippen LogP contribution in [0.15, 0.2) is 18.2 Å². The zero-order chi connectivity index (χ0) is 15.5. The number of phenols is 1. The lowest BCUT2D eigenvalue weighted by Gasteiger charge is -2.33. The molecular formula is C15H19ClN2O2S. The smallest absolute Gasteiger partial charge is 0.252 e. The lowest BCUT2D eigenvalue weighted by atomic mass is 9.89. The molecule has 0 atom stereocenters. The lowest BCUT2D eigenvalue weighted by molar-refractivity contribution is 0.0917. The number of carbonyl (C=O) groups excluding carboxylic acids is 1. The molecule has 0 aliphatic heterocycles. The molecule has 0 aromatic heterocycles. The second kappa shape index (κ2) is 6.62. The van der Waals surface area contributed by atoms with Crippen LogP contribution < -0.4 is 11.1 Å². The minimum absolute atomic E-state index is 0.0493. The van der Waals surface area contributed by atoms with Crippen LogP contribution in [-0.4, -0.2) is 21.5 Å². The number of carbonyl (C=O) groups is 1. The number of benzene rings is 1. The van der Waals surface area contributed by atoms with E-state index in [0.717, 1.165) is 38.5 Å². The summed E-state index contributed by atoms with van der Waals surface area (Å²) in [5.41, 5.74) is 5.67. The minimum atomic E-state index is -0.618. The van der Waals surface area contributed by atoms with E-state index in [0.29, 0.717) is 10.6 Å². The molecule has 1 aromatic carbocycles. The number of halogens is 1. The molecule has 114 valence electrons. The molecule has 4 nitrogen and oxygen atoms in total. The fraction of sp³-hybridized carbons (Fsp3) is 0.467. The Morgan fingerprint density at radius 3 is 2.43 bits per heavy atom. The van der Waals surface area contributed by atoms with Gasteiger partial charge >= 0.3 is 0 Å². The van der Waals surface area contributed by atoms with Crippen LogP contribution in [0.4, 0.5) is 0 Å². The van der Waals surface area contributed by atoms with Gasteiger partial charge in [-0.15, -0.1) is 0 Å². The van der Waals surface area contributed by atoms with Gasteiger partial charge in [-0.3, -0.25) is 4.79 Å². The molecule has 0 heterocycles. The SMILES string of the molecule is NC(=S)C1(NC(=O)c2ccc(O)c(Cl)c2)CCCCCC1. The van der Waals surface area contributed by atoms with Crippen molar-refractivity contribution in [2.24, 2.45) is 5.73 Å². The van der Waals surface area contributed by atoms with Gasteiger partial charge in [0, 0.05) is 5.56 Å². The largest absolute Gasteiger partial charge is 0.506 e. The minimum Gasteiger partial charge on any atom is -0.506 e. The Labute approximate surface area is 134 Å². The molecule has 1 aliphatic rings. The number of hydrogen-bond donors (Lipinski definition) is 3. The molecule has 0 saturated heterocycles. The third-order valence-electron chi connectivity index (χ3n) is 3.99. The van der Waals surface area contributed by atoms with Crippen molar-refractivity contribution in [3.8, 4) is 5.75 Å². The lowest BCUT2D eigenvalue weighted by Crippen LogP contribution is -2.56. The number of aromatic hydroxyl groups is 1. The van der Waals surface area contributed by atoms with Crippen LogP contribution in [0.2, 0.25) is 5.02 Å². The molecule has 6 heteroatoms. The summed E-state index contributed by atoms with van der Waals surface area (Å²) < 4.78 is 0. The topological polar surface area (TPSA) is 75.3 Å². The standard InChI is InChI=1S/C15H19ClN2O2S/c16-11-9-10(5-6-12(11)19)13(20)18-15(14(17)21)7-3-1-2-4-8-15/h5-6,9,19H,1-4,7-8H2,(H2,17,21)(H,18,20). The van der Waals surface area contributed by atoms with Gasteiger partial charge in [0.2, 0.25) is 0 Å². The normalized spacial score (nSPS) is 17.8. The van der Waals surface area contributed by atoms with Gasteiger partial charge in [0.1, 0.15) is 5.75 Å². The summed E-state index contributed by atoms with van der Waals surface area (Å²) in [7, 11) is 0. The Hall–Kier alpha value is -1.33. The van der Waals surface area contributed by atoms with Gasteiger partial charge in [-0.2, -0.15) is 0 Å². The number of nitrogens with two attached hydrogens (primary N) is 1. The van der Waals surface area contributed by atoms with Crippen LogP contribution in [0.25, 0.3) is 0 Å². The zero-order valence-electron chi connectivity index (χ0n) is 11.7. The average Bonchev–Trinajstić information content (AvgIpc) is 2.68. The fourth-order valence-corrected chi connectivity index (χ4v) is 3.14. The Kier molecular flexibility index (Phi) is 5.06. The van der Waals surface area contributed by atoms with Crippen molar-refractivity contribution in [1.82, 2.24) is 5.32 Å². The van der Waals surface area contributed by atoms with Crippen molar-refractivity contribution in [3.63, 3.8) is 0 Å². The van der Waals surface area contributed by atoms with Crippen LogP contribution in [0.3, 0.4) is 0 Å². The van der Waals surface area contributed by atoms with E-state index in [2.05, 4.69) is 5.32 Å². The fourth-order valence-electron chi connectivity index (χ4n) is 2.70. The Morgan fingerprint density at radius 2 is 1.90 bits per heavy atom. The number of amides is 1. The highest BCUT2D eigenvalue weighted by atomic mass is 35.5. The Morgan fingerprint density at radius 1 is 1.29 bits per heavy atom. The number of phenolic OH excluding ortho intramolecular Hbond substituents is 1. The maximum Gasteiger partial charge on any atom is 0.252 e. The summed E-state index contributed by atoms with van der Waals surface area (Å²) in [4.78, 5) is 12.8. The van der Waals surface area contributed by atoms with Gasteiger partial charge in [0.15, 0.2) is 0 Å². The first-order valence-corrected chi connectivity index (χ1v) is 7.84. The second-order valence-corrected chi connectivity index (χ2v) is 6.33. The molecule has 0 bridgehead atoms. The third-order valence-corrected chi connectivity index (χ3v) is 4.68. The van der Waals surface area contributed by atoms with E-state index >= 15 is 0 Å². The average molecular weight is 327 g/mol. The van der Waals surface area contributed by atoms with Gasteiger partial charge in [-0.25, -0.2) is 0 Å². The highest BCUT2D eigenvalue weighted by molar-refractivity contribution is 7.80. The van der Waals surface area contributed by atoms with Gasteiger partial charge < -0.3 is 16.2 Å². The van der Waals surface area contributed by atoms with E-state index in [1.807, 2.05) is 0 Å². The predicted molar refractivity (Wildman–Crippen MR) is 87.8 cm³/mol. The van der Waals surface area contributed by atoms with Gasteiger partial charge in [0.25, 0.3) is 5.91 Å². The molecule has 0 unspecified atom stereocenters. The van der Waals surface area contributed by atoms with E-state index in [9.17, 15) is 9.90 Å². The molecular weight excluding hydrogens is 308 g/mol. The first-order valence-electron chi connectivity index (χ1n) is 7.05. The molecule has 1 fully saturated rings. The number of nitrogens with one attached hydrogen (secondary N) is 1. The van der Waals surface area contributed by atoms with Crippen LogP contribution in [-0.2, 0) is 0 Å². The van der Waals surface area contributed by atoms with E-state index < -0.39 is 5.54 Å². The molecule has 0 radical (unpaired) electrons. The number of thiocarbonyl (C=S) groups is 1. The van der Waals surface area contributed by atoms with E-state index in [-0.39, 0.29) is 16.7 Å². The quantitative estimate of drug-likeness (QED) is 0.589. The summed E-state index contributed by atoms with van der Waals surface area (Å²) in [5.74, 6) is -0.321. The summed E-state index contributed by atoms with van der Waals surface area (Å²) in [6, 6.07) is 4.37. The molecule has 1 amide bonds. The predicted octanol–water partition coefficient (Wildman–Crippen LogP) is 3.15. The molecule has 2 rings (SSSR count). The van der Waals surface area contributed by atoms with E-state index in [4.69, 9.17) is 29.6 Å². The molecule has 1 aromatic rings. The van der Waals surface area contributed by atoms with Crippen molar-refractivity contribution < 1.29 is 9.90 Å². The maximum absolute atomic E-state index is 12.4. The molecule has 1 aliphatic carbocycles. The van der Waals surface area contributed by atoms with E-state index in [1.54, 1.807) is 0 Å². The van der Waals surface area contributed by atoms with Crippen LogP contribution in [0.1, 0.15) is 48.9 Å². The summed E-state index contributed by atoms with van der Waals surface area (Å²) in [6.07, 6.45) is 5.78. The van der Waals surface area contributed by atoms with Crippen molar-refractivity contribution >= 4 is 34.7 Å². The van der Waals surface area contributed by atoms with Crippen molar-refractivity contribution in [2.45, 2.75) is 44.1 Å². The summed E-state index contributed by atoms with van der Waals surface area (Å²) in [6.45, 7) is 0. The van der Waals surface area contributed by atoms with Crippen molar-refractivity contribution in [2.75, 3.05) is 0 Å². The van der Waals surface area contributed by atoms with Crippen LogP contribution in [0.5, 0.6) is 5.75 Å². The number of rotatable bonds is 3. The van der Waals surface area contributed by atoms with Crippen LogP contribution >= 0.6 is 23.8 Å². The second-order valence-electron chi connectivity index (χ2n) is 5.48. The Balaban J connectivity index is 2.21. The highest BCUT2D eigenvalue weighted by Crippen LogP contribution is 2.29. The molecule has 21 heavy (non-hydrogen) atoms. The zero-order valence-corrected chi connectivity index (χ0v) is 13.3. The monoisotopic (exact) mass is 326 g/mol. The molecule has 1 saturated carbocycles. The first-order chi connectivity index (χ1) is 9.94. The number of hydrogen-bond acceptors (Lipinski definition) is 3. The highest BCUT2D eigenvalue weighted by Gasteiger charge is 2.35. The van der Waals surface area contributed by atoms with E-state index in [1.165, 1.54) is 18.2 Å². The van der Waals surface area contributed by atoms with Gasteiger partial charge in [-0.1, -0.05) is 49.5 Å². The summed E-state index contributed by atoms with van der Waals surface area (Å²) >= 11 is 11.0. The summed E-state index contributed by atoms with van der Waals surface area (Å²) in [5, 5.41) is 12.6.